The van der Waals surface area contributed by atoms with Crippen LogP contribution < -0.4 is 5.32 Å². The van der Waals surface area contributed by atoms with Gasteiger partial charge >= 0.3 is 0 Å². The van der Waals surface area contributed by atoms with Crippen LogP contribution >= 0.6 is 0 Å². The number of halogens is 1. The van der Waals surface area contributed by atoms with Gasteiger partial charge in [0, 0.05) is 17.6 Å². The van der Waals surface area contributed by atoms with E-state index in [1.165, 1.54) is 12.3 Å². The van der Waals surface area contributed by atoms with Gasteiger partial charge in [-0.3, -0.25) is 9.59 Å². The molecule has 0 spiro atoms. The molecule has 160 valence electrons. The number of carbonyl (C=O) groups excluding carboxylic acids is 2. The van der Waals surface area contributed by atoms with Crippen LogP contribution in [0.5, 0.6) is 0 Å². The van der Waals surface area contributed by atoms with Gasteiger partial charge in [0.15, 0.2) is 5.76 Å². The molecule has 5 nitrogen and oxygen atoms in total. The Labute approximate surface area is 176 Å². The predicted octanol–water partition coefficient (Wildman–Crippen LogP) is 4.99. The number of benzene rings is 1. The Bertz CT molecular complexity index is 855. The molecule has 1 heterocycles. The van der Waals surface area contributed by atoms with Crippen molar-refractivity contribution in [2.24, 2.45) is 0 Å². The first-order valence-corrected chi connectivity index (χ1v) is 11.1. The molecular formula is C24H29FN2O3. The van der Waals surface area contributed by atoms with E-state index in [4.69, 9.17) is 4.42 Å². The summed E-state index contributed by atoms with van der Waals surface area (Å²) >= 11 is 0. The summed E-state index contributed by atoms with van der Waals surface area (Å²) in [5, 5.41) is 3.09. The first-order valence-electron chi connectivity index (χ1n) is 11.1. The summed E-state index contributed by atoms with van der Waals surface area (Å²) in [6.07, 6.45) is 10.1. The summed E-state index contributed by atoms with van der Waals surface area (Å²) in [7, 11) is 0. The van der Waals surface area contributed by atoms with Gasteiger partial charge in [-0.05, 0) is 43.9 Å². The minimum absolute atomic E-state index is 0.0821. The van der Waals surface area contributed by atoms with Crippen LogP contribution in [0.25, 0.3) is 0 Å². The smallest absolute Gasteiger partial charge is 0.290 e. The van der Waals surface area contributed by atoms with E-state index in [0.29, 0.717) is 0 Å². The number of carbonyl (C=O) groups is 2. The molecule has 0 aliphatic heterocycles. The molecule has 2 saturated carbocycles. The van der Waals surface area contributed by atoms with E-state index >= 15 is 0 Å². The minimum Gasteiger partial charge on any atom is -0.459 e. The molecule has 0 radical (unpaired) electrons. The first-order chi connectivity index (χ1) is 14.6. The number of hydrogen-bond donors (Lipinski definition) is 1. The van der Waals surface area contributed by atoms with Crippen LogP contribution in [0.4, 0.5) is 4.39 Å². The van der Waals surface area contributed by atoms with Crippen molar-refractivity contribution in [3.63, 3.8) is 0 Å². The lowest BCUT2D eigenvalue weighted by Gasteiger charge is -2.39. The topological polar surface area (TPSA) is 62.6 Å². The Kier molecular flexibility index (Phi) is 6.50. The van der Waals surface area contributed by atoms with Gasteiger partial charge in [-0.25, -0.2) is 4.39 Å². The van der Waals surface area contributed by atoms with E-state index in [-0.39, 0.29) is 35.2 Å². The standard InChI is InChI=1S/C24H29FN2O3/c25-20-14-7-6-13-19(20)22(23(28)26-17-9-4-5-10-17)27(18-11-2-1-3-12-18)24(29)21-15-8-16-30-21/h6-8,13-18,22H,1-5,9-12H2,(H,26,28)/t22-/m0/s1. The Balaban J connectivity index is 1.74. The van der Waals surface area contributed by atoms with Crippen LogP contribution in [0.3, 0.4) is 0 Å². The lowest BCUT2D eigenvalue weighted by Crippen LogP contribution is -2.51. The van der Waals surface area contributed by atoms with Gasteiger partial charge in [-0.2, -0.15) is 0 Å². The van der Waals surface area contributed by atoms with Gasteiger partial charge in [0.25, 0.3) is 5.91 Å². The quantitative estimate of drug-likeness (QED) is 0.727. The maximum atomic E-state index is 14.9. The molecule has 6 heteroatoms. The second kappa shape index (κ2) is 9.45. The lowest BCUT2D eigenvalue weighted by atomic mass is 9.91. The molecule has 0 bridgehead atoms. The lowest BCUT2D eigenvalue weighted by molar-refractivity contribution is -0.127. The van der Waals surface area contributed by atoms with Crippen molar-refractivity contribution in [1.29, 1.82) is 0 Å². The van der Waals surface area contributed by atoms with E-state index in [2.05, 4.69) is 5.32 Å². The summed E-state index contributed by atoms with van der Waals surface area (Å²) in [5.74, 6) is -0.966. The van der Waals surface area contributed by atoms with Crippen LogP contribution in [-0.4, -0.2) is 28.8 Å². The average molecular weight is 413 g/mol. The van der Waals surface area contributed by atoms with Gasteiger partial charge in [0.05, 0.1) is 6.26 Å². The van der Waals surface area contributed by atoms with Gasteiger partial charge in [-0.15, -0.1) is 0 Å². The van der Waals surface area contributed by atoms with Crippen molar-refractivity contribution < 1.29 is 18.4 Å². The van der Waals surface area contributed by atoms with Gasteiger partial charge in [-0.1, -0.05) is 50.3 Å². The number of amides is 2. The highest BCUT2D eigenvalue weighted by Crippen LogP contribution is 2.34. The molecule has 2 amide bonds. The molecule has 0 saturated heterocycles. The van der Waals surface area contributed by atoms with Crippen molar-refractivity contribution in [1.82, 2.24) is 10.2 Å². The molecule has 30 heavy (non-hydrogen) atoms. The highest BCUT2D eigenvalue weighted by Gasteiger charge is 2.40. The Hall–Kier alpha value is -2.63. The Morgan fingerprint density at radius 2 is 1.67 bits per heavy atom. The van der Waals surface area contributed by atoms with Crippen LogP contribution in [0.15, 0.2) is 47.1 Å². The summed E-state index contributed by atoms with van der Waals surface area (Å²) in [4.78, 5) is 28.6. The number of furan rings is 1. The molecule has 1 aromatic carbocycles. The zero-order chi connectivity index (χ0) is 20.9. The Morgan fingerprint density at radius 1 is 0.967 bits per heavy atom. The zero-order valence-corrected chi connectivity index (χ0v) is 17.2. The molecule has 1 aromatic heterocycles. The maximum absolute atomic E-state index is 14.9. The summed E-state index contributed by atoms with van der Waals surface area (Å²) < 4.78 is 20.3. The molecule has 1 atom stereocenters. The molecular weight excluding hydrogens is 383 g/mol. The monoisotopic (exact) mass is 412 g/mol. The highest BCUT2D eigenvalue weighted by molar-refractivity contribution is 5.96. The minimum atomic E-state index is -1.02. The predicted molar refractivity (Wildman–Crippen MR) is 111 cm³/mol. The van der Waals surface area contributed by atoms with Crippen molar-refractivity contribution >= 4 is 11.8 Å². The summed E-state index contributed by atoms with van der Waals surface area (Å²) in [5.41, 5.74) is 0.235. The van der Waals surface area contributed by atoms with Gasteiger partial charge in [0.2, 0.25) is 5.91 Å². The molecule has 4 rings (SSSR count). The molecule has 2 aliphatic rings. The van der Waals surface area contributed by atoms with E-state index < -0.39 is 11.9 Å². The third kappa shape index (κ3) is 4.42. The number of hydrogen-bond acceptors (Lipinski definition) is 3. The number of rotatable bonds is 6. The number of nitrogens with one attached hydrogen (secondary N) is 1. The molecule has 2 aliphatic carbocycles. The zero-order valence-electron chi connectivity index (χ0n) is 17.2. The second-order valence-corrected chi connectivity index (χ2v) is 8.40. The molecule has 2 fully saturated rings. The maximum Gasteiger partial charge on any atom is 0.290 e. The third-order valence-electron chi connectivity index (χ3n) is 6.36. The fraction of sp³-hybridized carbons (Fsp3) is 0.500. The summed E-state index contributed by atoms with van der Waals surface area (Å²) in [6.45, 7) is 0. The van der Waals surface area contributed by atoms with E-state index in [0.717, 1.165) is 57.8 Å². The largest absolute Gasteiger partial charge is 0.459 e. The summed E-state index contributed by atoms with van der Waals surface area (Å²) in [6, 6.07) is 8.46. The average Bonchev–Trinajstić information content (AvgIpc) is 3.47. The fourth-order valence-corrected chi connectivity index (χ4v) is 4.85. The van der Waals surface area contributed by atoms with Crippen molar-refractivity contribution in [2.45, 2.75) is 75.9 Å². The van der Waals surface area contributed by atoms with E-state index in [9.17, 15) is 14.0 Å². The van der Waals surface area contributed by atoms with Crippen molar-refractivity contribution in [3.05, 3.63) is 59.8 Å². The normalized spacial score (nSPS) is 18.8. The highest BCUT2D eigenvalue weighted by atomic mass is 19.1. The van der Waals surface area contributed by atoms with E-state index in [1.54, 1.807) is 35.2 Å². The van der Waals surface area contributed by atoms with Crippen LogP contribution in [0.1, 0.15) is 79.9 Å². The molecule has 2 aromatic rings. The van der Waals surface area contributed by atoms with Crippen LogP contribution in [0.2, 0.25) is 0 Å². The van der Waals surface area contributed by atoms with Crippen LogP contribution in [0, 0.1) is 5.82 Å². The van der Waals surface area contributed by atoms with Crippen LogP contribution in [-0.2, 0) is 4.79 Å². The SMILES string of the molecule is O=C(NC1CCCC1)[C@H](c1ccccc1F)N(C(=O)c1ccco1)C1CCCCC1. The fourth-order valence-electron chi connectivity index (χ4n) is 4.85. The third-order valence-corrected chi connectivity index (χ3v) is 6.36. The van der Waals surface area contributed by atoms with E-state index in [1.807, 2.05) is 0 Å². The van der Waals surface area contributed by atoms with Crippen molar-refractivity contribution in [2.75, 3.05) is 0 Å². The Morgan fingerprint density at radius 3 is 2.33 bits per heavy atom. The van der Waals surface area contributed by atoms with Crippen molar-refractivity contribution in [3.8, 4) is 0 Å². The molecule has 1 N–H and O–H groups in total. The number of nitrogens with zero attached hydrogens (tertiary/aromatic N) is 1. The first kappa shape index (κ1) is 20.6. The van der Waals surface area contributed by atoms with Gasteiger partial charge in [0.1, 0.15) is 11.9 Å². The second-order valence-electron chi connectivity index (χ2n) is 8.40. The molecule has 0 unspecified atom stereocenters. The van der Waals surface area contributed by atoms with Gasteiger partial charge < -0.3 is 14.6 Å².